The van der Waals surface area contributed by atoms with Crippen molar-refractivity contribution in [3.8, 4) is 84.2 Å². The lowest BCUT2D eigenvalue weighted by Crippen LogP contribution is -2.29. The van der Waals surface area contributed by atoms with Gasteiger partial charge in [0.25, 0.3) is 23.6 Å². The summed E-state index contributed by atoms with van der Waals surface area (Å²) in [5, 5.41) is 17.8. The molecule has 0 saturated carbocycles. The fourth-order valence-electron chi connectivity index (χ4n) is 11.3. The van der Waals surface area contributed by atoms with E-state index in [1.165, 1.54) is 93.6 Å². The number of methoxy groups -OCH3 is 1. The summed E-state index contributed by atoms with van der Waals surface area (Å²) >= 11 is 0. The van der Waals surface area contributed by atoms with Gasteiger partial charge in [-0.15, -0.1) is 0 Å². The Kier molecular flexibility index (Phi) is 20.4. The Morgan fingerprint density at radius 3 is 0.894 bits per heavy atom. The number of nitrogens with one attached hydrogen (secondary N) is 4. The highest BCUT2D eigenvalue weighted by atomic mass is 32.2. The van der Waals surface area contributed by atoms with Crippen molar-refractivity contribution >= 4 is 99.3 Å². The van der Waals surface area contributed by atoms with Crippen LogP contribution in [0.15, 0.2) is 202 Å². The molecular weight excluding hydrogens is 1410 g/mol. The van der Waals surface area contributed by atoms with E-state index in [2.05, 4.69) is 96.1 Å². The number of pyridine rings is 7. The Balaban J connectivity index is 0.000000118. The van der Waals surface area contributed by atoms with Gasteiger partial charge in [0.05, 0.1) is 49.0 Å². The van der Waals surface area contributed by atoms with Crippen LogP contribution < -0.4 is 33.4 Å². The summed E-state index contributed by atoms with van der Waals surface area (Å²) in [6.45, 7) is 4.28. The molecule has 0 spiro atoms. The lowest BCUT2D eigenvalue weighted by molar-refractivity contribution is -0.115. The summed E-state index contributed by atoms with van der Waals surface area (Å²) in [4.78, 5) is 80.2. The number of rotatable bonds is 14. The number of aromatic nitrogens is 15. The molecule has 4 N–H and O–H groups in total. The maximum atomic E-state index is 12.7. The van der Waals surface area contributed by atoms with Crippen LogP contribution in [-0.2, 0) is 63.1 Å². The van der Waals surface area contributed by atoms with Gasteiger partial charge in [-0.1, -0.05) is 18.2 Å². The topological polar surface area (TPSA) is 362 Å². The van der Waals surface area contributed by atoms with Crippen LogP contribution in [-0.4, -0.2) is 148 Å². The molecule has 11 aromatic rings. The Labute approximate surface area is 601 Å². The van der Waals surface area contributed by atoms with Crippen LogP contribution in [0.3, 0.4) is 0 Å². The molecule has 2 fully saturated rings. The van der Waals surface area contributed by atoms with E-state index in [1.807, 2.05) is 67.0 Å². The normalized spacial score (nSPS) is 18.1. The molecule has 6 aliphatic heterocycles. The van der Waals surface area contributed by atoms with Gasteiger partial charge in [-0.3, -0.25) is 53.0 Å². The average molecular weight is 1470 g/mol. The molecule has 17 heterocycles. The molecule has 0 aliphatic carbocycles. The number of nitrogens with zero attached hydrogens (tertiary/aromatic N) is 17. The zero-order valence-electron chi connectivity index (χ0n) is 54.7. The zero-order chi connectivity index (χ0) is 71.8. The minimum absolute atomic E-state index is 0.256. The summed E-state index contributed by atoms with van der Waals surface area (Å²) < 4.78 is 79.7. The smallest absolute Gasteiger partial charge is 0.258 e. The monoisotopic (exact) mass is 1470 g/mol. The van der Waals surface area contributed by atoms with Crippen LogP contribution in [0, 0.1) is 5.95 Å². The predicted molar refractivity (Wildman–Crippen MR) is 388 cm³/mol. The van der Waals surface area contributed by atoms with Crippen LogP contribution in [0.4, 0.5) is 16.0 Å². The van der Waals surface area contributed by atoms with Gasteiger partial charge in [-0.2, -0.15) is 24.8 Å². The Bertz CT molecular complexity index is 5290. The molecule has 0 radical (unpaired) electrons. The summed E-state index contributed by atoms with van der Waals surface area (Å²) in [5.41, 5.74) is 11.7. The van der Waals surface area contributed by atoms with Crippen molar-refractivity contribution in [3.63, 3.8) is 0 Å². The first-order chi connectivity index (χ1) is 50.6. The third-order valence-electron chi connectivity index (χ3n) is 16.6. The molecule has 30 nitrogen and oxygen atoms in total. The van der Waals surface area contributed by atoms with Gasteiger partial charge >= 0.3 is 0 Å². The number of piperidine rings is 1. The van der Waals surface area contributed by atoms with Crippen molar-refractivity contribution in [2.75, 3.05) is 43.1 Å². The van der Waals surface area contributed by atoms with Crippen LogP contribution in [0.2, 0.25) is 0 Å². The van der Waals surface area contributed by atoms with Crippen molar-refractivity contribution in [2.24, 2.45) is 0 Å². The van der Waals surface area contributed by atoms with Crippen molar-refractivity contribution in [3.05, 3.63) is 208 Å². The Hall–Kier alpha value is -12.3. The molecule has 4 atom stereocenters. The number of amides is 4. The number of hydrogen-bond donors (Lipinski definition) is 4. The quantitative estimate of drug-likeness (QED) is 0.0790. The van der Waals surface area contributed by atoms with Gasteiger partial charge < -0.3 is 14.5 Å². The summed E-state index contributed by atoms with van der Waals surface area (Å²) in [7, 11) is -4.78. The van der Waals surface area contributed by atoms with Gasteiger partial charge in [-0.05, 0) is 92.8 Å². The second kappa shape index (κ2) is 30.9. The van der Waals surface area contributed by atoms with Gasteiger partial charge in [0.15, 0.2) is 64.1 Å². The maximum absolute atomic E-state index is 12.7. The molecule has 2 saturated heterocycles. The maximum Gasteiger partial charge on any atom is 0.258 e. The highest BCUT2D eigenvalue weighted by Gasteiger charge is 2.27. The molecule has 17 rings (SSSR count). The molecule has 4 amide bonds. The molecule has 524 valence electrons. The highest BCUT2D eigenvalue weighted by molar-refractivity contribution is 7.94. The fourth-order valence-corrected chi connectivity index (χ4v) is 14.6. The van der Waals surface area contributed by atoms with Crippen molar-refractivity contribution in [1.82, 2.24) is 92.9 Å². The average Bonchev–Trinajstić information content (AvgIpc) is 1.88. The molecule has 11 aromatic heterocycles. The first-order valence-electron chi connectivity index (χ1n) is 32.0. The molecule has 35 heteroatoms. The van der Waals surface area contributed by atoms with Crippen LogP contribution in [0.5, 0.6) is 5.88 Å². The number of hydrogen-bond acceptors (Lipinski definition) is 22. The summed E-state index contributed by atoms with van der Waals surface area (Å²) in [6, 6.07) is 26.3. The third-order valence-corrected chi connectivity index (χ3v) is 20.9. The minimum Gasteiger partial charge on any atom is -0.481 e. The lowest BCUT2D eigenvalue weighted by atomic mass is 10.1. The molecule has 104 heavy (non-hydrogen) atoms. The summed E-state index contributed by atoms with van der Waals surface area (Å²) in [5.74, 6) is 0.436. The van der Waals surface area contributed by atoms with Crippen LogP contribution >= 0.6 is 0 Å². The molecular formula is C69H58FN21O9S4. The van der Waals surface area contributed by atoms with Crippen LogP contribution in [0.1, 0.15) is 32.1 Å². The van der Waals surface area contributed by atoms with Crippen molar-refractivity contribution in [2.45, 2.75) is 32.1 Å². The number of ether oxygens (including phenoxy) is 1. The number of anilines is 2. The van der Waals surface area contributed by atoms with E-state index in [9.17, 15) is 40.4 Å². The number of carbonyl (C=O) groups excluding carboxylic acids is 4. The molecule has 0 bridgehead atoms. The van der Waals surface area contributed by atoms with E-state index in [-0.39, 0.29) is 16.8 Å². The standard InChI is InChI=1S/C21H20N6O2S.C20H18N6O2S.C17H13N5O3S.C11H7FN4O2S/c28-20-10-21(30(29)25-20)27-14-17(13-24-27)15-4-6-18(22-11-15)16-5-7-19(23-12-16)26-8-2-1-3-9-26;27-19-9-20(29(28)24-19)26-13-16(12-23-26)14-3-5-17(21-10-14)15-4-6-18(22-11-15)25-7-1-2-8-25;1-25-16-5-3-12(8-19-16)14-4-2-11(7-18-14)13-9-20-22(10-13)17-6-15(23)21-26(17)24;12-9-2-1-7(4-13-9)8-5-14-16(6-8)11-3-10(17)15-19(11)18/h4-7,10-14H,1-3,8-9H2,(H,25,28);3-6,9-13H,1-2,7-8H2,(H,24,27);2-10H,1H3,(H,21,23);1-6H,(H,15,17). The van der Waals surface area contributed by atoms with Gasteiger partial charge in [0, 0.05) is 186 Å². The number of halogens is 1. The molecule has 4 unspecified atom stereocenters. The van der Waals surface area contributed by atoms with E-state index >= 15 is 0 Å². The van der Waals surface area contributed by atoms with Gasteiger partial charge in [0.2, 0.25) is 11.8 Å². The van der Waals surface area contributed by atoms with E-state index < -0.39 is 61.7 Å². The Morgan fingerprint density at radius 1 is 0.337 bits per heavy atom. The second-order valence-electron chi connectivity index (χ2n) is 23.4. The van der Waals surface area contributed by atoms with Gasteiger partial charge in [-0.25, -0.2) is 55.5 Å². The Morgan fingerprint density at radius 2 is 0.635 bits per heavy atom. The minimum atomic E-state index is -1.60. The van der Waals surface area contributed by atoms with Gasteiger partial charge in [0.1, 0.15) is 11.6 Å². The van der Waals surface area contributed by atoms with Crippen LogP contribution in [0.25, 0.3) is 98.4 Å². The van der Waals surface area contributed by atoms with Crippen molar-refractivity contribution in [1.29, 1.82) is 0 Å². The third kappa shape index (κ3) is 15.9. The molecule has 6 aliphatic rings. The van der Waals surface area contributed by atoms with E-state index in [4.69, 9.17) is 4.74 Å². The number of carbonyl (C=O) groups is 4. The van der Waals surface area contributed by atoms with E-state index in [0.717, 1.165) is 105 Å². The summed E-state index contributed by atoms with van der Waals surface area (Å²) in [6.07, 6.45) is 36.6. The fraction of sp³-hybridized carbons (Fsp3) is 0.145. The molecule has 0 aromatic carbocycles. The lowest BCUT2D eigenvalue weighted by Gasteiger charge is -2.27. The highest BCUT2D eigenvalue weighted by Crippen LogP contribution is 2.31. The first-order valence-corrected chi connectivity index (χ1v) is 36.6. The van der Waals surface area contributed by atoms with E-state index in [1.54, 1.807) is 87.4 Å². The first kappa shape index (κ1) is 68.8. The predicted octanol–water partition coefficient (Wildman–Crippen LogP) is 7.07. The zero-order valence-corrected chi connectivity index (χ0v) is 58.0. The van der Waals surface area contributed by atoms with Crippen molar-refractivity contribution < 1.29 is 45.1 Å². The SMILES string of the molecule is COc1ccc(-c2ccc(-c3cnn(C4=CC(=O)NS4=O)c3)cn2)cn1.O=C1C=C(n2cc(-c3ccc(-c4ccc(N5CCCC5)nc4)nc3)cn2)S(=O)N1.O=C1C=C(n2cc(-c3ccc(-c4ccc(N5CCCCC5)nc4)nc3)cn2)S(=O)N1.O=C1C=C(n2cc(-c3ccc(F)nc3)cn2)S(=O)N1. The second-order valence-corrected chi connectivity index (χ2v) is 28.0. The largest absolute Gasteiger partial charge is 0.481 e. The van der Waals surface area contributed by atoms with E-state index in [0.29, 0.717) is 32.1 Å².